The molecule has 3 nitrogen and oxygen atoms in total. The monoisotopic (exact) mass is 778 g/mol. The first kappa shape index (κ1) is 34.9. The van der Waals surface area contributed by atoms with E-state index < -0.39 is 0 Å². The summed E-state index contributed by atoms with van der Waals surface area (Å²) in [4.78, 5) is 2.37. The van der Waals surface area contributed by atoms with Gasteiger partial charge in [-0.2, -0.15) is 0 Å². The van der Waals surface area contributed by atoms with E-state index in [2.05, 4.69) is 228 Å². The normalized spacial score (nSPS) is 11.6. The number of hydrogen-bond donors (Lipinski definition) is 0. The third-order valence-corrected chi connectivity index (χ3v) is 12.2. The highest BCUT2D eigenvalue weighted by Gasteiger charge is 2.18. The van der Waals surface area contributed by atoms with Crippen LogP contribution in [-0.2, 0) is 0 Å². The molecule has 0 saturated heterocycles. The summed E-state index contributed by atoms with van der Waals surface area (Å²) < 4.78 is 8.69. The average molecular weight is 779 g/mol. The van der Waals surface area contributed by atoms with E-state index in [1.807, 2.05) is 12.1 Å². The van der Waals surface area contributed by atoms with Gasteiger partial charge in [0.05, 0.1) is 11.0 Å². The van der Waals surface area contributed by atoms with Gasteiger partial charge in [-0.3, -0.25) is 0 Å². The number of para-hydroxylation sites is 3. The quantitative estimate of drug-likeness (QED) is 0.161. The molecule has 3 heteroatoms. The number of nitrogens with zero attached hydrogens (tertiary/aromatic N) is 2. The molecule has 0 N–H and O–H groups in total. The number of aromatic nitrogens is 1. The highest BCUT2D eigenvalue weighted by Crippen LogP contribution is 2.41. The number of rotatable bonds is 7. The van der Waals surface area contributed by atoms with Crippen LogP contribution in [0.5, 0.6) is 0 Å². The Labute approximate surface area is 353 Å². The second kappa shape index (κ2) is 14.3. The predicted octanol–water partition coefficient (Wildman–Crippen LogP) is 16.3. The molecular formula is C58H38N2O. The zero-order valence-electron chi connectivity index (χ0n) is 33.2. The number of hydrogen-bond acceptors (Lipinski definition) is 2. The van der Waals surface area contributed by atoms with Crippen molar-refractivity contribution in [2.45, 2.75) is 0 Å². The summed E-state index contributed by atoms with van der Waals surface area (Å²) in [5, 5.41) is 7.26. The predicted molar refractivity (Wildman–Crippen MR) is 257 cm³/mol. The molecule has 12 aromatic rings. The molecule has 12 rings (SSSR count). The number of fused-ring (bicyclic) bond motifs is 7. The van der Waals surface area contributed by atoms with Gasteiger partial charge in [0.15, 0.2) is 0 Å². The average Bonchev–Trinajstić information content (AvgIpc) is 3.88. The van der Waals surface area contributed by atoms with Gasteiger partial charge in [-0.1, -0.05) is 152 Å². The van der Waals surface area contributed by atoms with Crippen molar-refractivity contribution in [3.63, 3.8) is 0 Å². The van der Waals surface area contributed by atoms with Crippen LogP contribution in [0.2, 0.25) is 0 Å². The summed E-state index contributed by atoms with van der Waals surface area (Å²) in [5.41, 5.74) is 15.5. The Morgan fingerprint density at radius 2 is 0.869 bits per heavy atom. The number of furan rings is 1. The Hall–Kier alpha value is -8.14. The second-order valence-electron chi connectivity index (χ2n) is 15.7. The van der Waals surface area contributed by atoms with E-state index in [1.165, 1.54) is 49.3 Å². The van der Waals surface area contributed by atoms with Crippen LogP contribution in [0, 0.1) is 0 Å². The van der Waals surface area contributed by atoms with Crippen LogP contribution < -0.4 is 4.90 Å². The van der Waals surface area contributed by atoms with Gasteiger partial charge in [-0.05, 0) is 123 Å². The van der Waals surface area contributed by atoms with E-state index in [1.54, 1.807) is 0 Å². The molecule has 0 aliphatic heterocycles. The molecule has 0 atom stereocenters. The highest BCUT2D eigenvalue weighted by molar-refractivity contribution is 6.09. The molecular weight excluding hydrogens is 741 g/mol. The van der Waals surface area contributed by atoms with Gasteiger partial charge < -0.3 is 13.9 Å². The van der Waals surface area contributed by atoms with Crippen molar-refractivity contribution in [2.24, 2.45) is 0 Å². The van der Waals surface area contributed by atoms with Gasteiger partial charge in [-0.25, -0.2) is 0 Å². The van der Waals surface area contributed by atoms with Crippen LogP contribution in [0.4, 0.5) is 17.1 Å². The third-order valence-electron chi connectivity index (χ3n) is 12.2. The van der Waals surface area contributed by atoms with E-state index in [0.29, 0.717) is 0 Å². The largest absolute Gasteiger partial charge is 0.456 e. The minimum absolute atomic E-state index is 0.897. The first-order chi connectivity index (χ1) is 30.2. The molecule has 286 valence electrons. The van der Waals surface area contributed by atoms with E-state index in [-0.39, 0.29) is 0 Å². The molecule has 0 unspecified atom stereocenters. The molecule has 10 aromatic carbocycles. The van der Waals surface area contributed by atoms with Gasteiger partial charge in [0.25, 0.3) is 0 Å². The molecule has 0 aliphatic rings. The second-order valence-corrected chi connectivity index (χ2v) is 15.7. The molecule has 0 fully saturated rings. The molecule has 0 aliphatic carbocycles. The lowest BCUT2D eigenvalue weighted by Gasteiger charge is -2.27. The first-order valence-corrected chi connectivity index (χ1v) is 20.8. The van der Waals surface area contributed by atoms with Crippen molar-refractivity contribution in [1.82, 2.24) is 4.57 Å². The molecule has 0 radical (unpaired) electrons. The fourth-order valence-electron chi connectivity index (χ4n) is 9.26. The molecule has 0 bridgehead atoms. The van der Waals surface area contributed by atoms with Gasteiger partial charge in [0.1, 0.15) is 11.2 Å². The van der Waals surface area contributed by atoms with Crippen LogP contribution in [0.1, 0.15) is 0 Å². The zero-order chi connectivity index (χ0) is 40.3. The lowest BCUT2D eigenvalue weighted by atomic mass is 9.94. The van der Waals surface area contributed by atoms with Crippen LogP contribution >= 0.6 is 0 Å². The minimum atomic E-state index is 0.897. The van der Waals surface area contributed by atoms with Gasteiger partial charge in [0, 0.05) is 44.3 Å². The first-order valence-electron chi connectivity index (χ1n) is 20.8. The molecule has 2 aromatic heterocycles. The van der Waals surface area contributed by atoms with Crippen LogP contribution in [0.3, 0.4) is 0 Å². The summed E-state index contributed by atoms with van der Waals surface area (Å²) in [6.07, 6.45) is 0. The Balaban J connectivity index is 0.963. The maximum Gasteiger partial charge on any atom is 0.136 e. The van der Waals surface area contributed by atoms with Crippen molar-refractivity contribution in [3.8, 4) is 39.1 Å². The van der Waals surface area contributed by atoms with E-state index in [4.69, 9.17) is 4.42 Å². The van der Waals surface area contributed by atoms with E-state index >= 15 is 0 Å². The van der Waals surface area contributed by atoms with E-state index in [9.17, 15) is 0 Å². The Morgan fingerprint density at radius 1 is 0.311 bits per heavy atom. The SMILES string of the molecule is c1cc(N(c2ccc(-c3ccc4ccccc4c3)cc2)c2ccc(-c3ccccc3-c3ccc4c(c3)oc3ccccc34)cc2)cc(-n2c3ccccc3c3ccccc32)c1. The Morgan fingerprint density at radius 3 is 1.61 bits per heavy atom. The maximum atomic E-state index is 6.30. The smallest absolute Gasteiger partial charge is 0.136 e. The third kappa shape index (κ3) is 5.98. The molecule has 61 heavy (non-hydrogen) atoms. The Bertz CT molecular complexity index is 3540. The standard InChI is InChI=1S/C58H38N2O/c1-2-13-42-36-43(25-24-39(42)12-1)40-26-31-45(32-27-40)59(47-14-11-15-48(38-47)60-55-21-8-5-18-51(55)52-19-6-9-22-56(52)60)46-33-28-41(29-34-46)49-16-3-4-17-50(49)44-30-35-54-53-20-7-10-23-57(53)61-58(54)37-44/h1-38H. The summed E-state index contributed by atoms with van der Waals surface area (Å²) in [7, 11) is 0. The number of benzene rings is 10. The van der Waals surface area contributed by atoms with E-state index in [0.717, 1.165) is 61.4 Å². The fourth-order valence-corrected chi connectivity index (χ4v) is 9.26. The van der Waals surface area contributed by atoms with Crippen LogP contribution in [-0.4, -0.2) is 4.57 Å². The minimum Gasteiger partial charge on any atom is -0.456 e. The molecule has 0 saturated carbocycles. The van der Waals surface area contributed by atoms with Crippen molar-refractivity contribution >= 4 is 71.6 Å². The number of anilines is 3. The topological polar surface area (TPSA) is 21.3 Å². The van der Waals surface area contributed by atoms with Gasteiger partial charge >= 0.3 is 0 Å². The lowest BCUT2D eigenvalue weighted by molar-refractivity contribution is 0.669. The van der Waals surface area contributed by atoms with Crippen molar-refractivity contribution < 1.29 is 4.42 Å². The van der Waals surface area contributed by atoms with Gasteiger partial charge in [-0.15, -0.1) is 0 Å². The van der Waals surface area contributed by atoms with Crippen molar-refractivity contribution in [3.05, 3.63) is 231 Å². The maximum absolute atomic E-state index is 6.30. The summed E-state index contributed by atoms with van der Waals surface area (Å²) in [5.74, 6) is 0. The van der Waals surface area contributed by atoms with Crippen molar-refractivity contribution in [2.75, 3.05) is 4.90 Å². The highest BCUT2D eigenvalue weighted by atomic mass is 16.3. The summed E-state index contributed by atoms with van der Waals surface area (Å²) in [6, 6.07) is 83.0. The molecule has 0 spiro atoms. The van der Waals surface area contributed by atoms with Crippen molar-refractivity contribution in [1.29, 1.82) is 0 Å². The Kier molecular flexibility index (Phi) is 8.17. The lowest BCUT2D eigenvalue weighted by Crippen LogP contribution is -2.10. The molecule has 0 amide bonds. The molecule has 2 heterocycles. The van der Waals surface area contributed by atoms with Gasteiger partial charge in [0.2, 0.25) is 0 Å². The summed E-state index contributed by atoms with van der Waals surface area (Å²) in [6.45, 7) is 0. The van der Waals surface area contributed by atoms with Crippen LogP contribution in [0.15, 0.2) is 235 Å². The van der Waals surface area contributed by atoms with Crippen LogP contribution in [0.25, 0.3) is 93.6 Å². The zero-order valence-corrected chi connectivity index (χ0v) is 33.2. The summed E-state index contributed by atoms with van der Waals surface area (Å²) >= 11 is 0. The fraction of sp³-hybridized carbons (Fsp3) is 0.